The number of nitrogens with one attached hydrogen (secondary N) is 1. The molecule has 0 amide bonds. The summed E-state index contributed by atoms with van der Waals surface area (Å²) in [5.41, 5.74) is 9.30. The van der Waals surface area contributed by atoms with Crippen LogP contribution in [-0.2, 0) is 6.42 Å². The van der Waals surface area contributed by atoms with Crippen LogP contribution in [0.15, 0.2) is 29.2 Å². The maximum atomic E-state index is 5.64. The third-order valence-electron chi connectivity index (χ3n) is 2.81. The lowest BCUT2D eigenvalue weighted by molar-refractivity contribution is 0.960. The predicted molar refractivity (Wildman–Crippen MR) is 67.5 cm³/mol. The van der Waals surface area contributed by atoms with Gasteiger partial charge in [-0.05, 0) is 12.0 Å². The van der Waals surface area contributed by atoms with E-state index in [0.29, 0.717) is 11.1 Å². The molecule has 1 aliphatic heterocycles. The molecule has 1 unspecified atom stereocenters. The molecule has 1 aliphatic rings. The lowest BCUT2D eigenvalue weighted by Crippen LogP contribution is -1.90. The number of benzene rings is 1. The normalized spacial score (nSPS) is 18.7. The lowest BCUT2D eigenvalue weighted by atomic mass is 10.1. The number of nitrogens with two attached hydrogens (primary N) is 1. The van der Waals surface area contributed by atoms with Gasteiger partial charge in [-0.3, -0.25) is 5.10 Å². The van der Waals surface area contributed by atoms with Crippen molar-refractivity contribution < 1.29 is 0 Å². The van der Waals surface area contributed by atoms with Gasteiger partial charge in [-0.2, -0.15) is 5.10 Å². The van der Waals surface area contributed by atoms with E-state index in [1.54, 1.807) is 0 Å². The fourth-order valence-corrected chi connectivity index (χ4v) is 3.40. The number of hydrogen-bond acceptors (Lipinski definition) is 3. The van der Waals surface area contributed by atoms with E-state index in [4.69, 9.17) is 5.73 Å². The fourth-order valence-electron chi connectivity index (χ4n) is 2.12. The number of H-pyrrole nitrogens is 1. The van der Waals surface area contributed by atoms with Crippen molar-refractivity contribution in [3.8, 4) is 11.3 Å². The van der Waals surface area contributed by atoms with E-state index < -0.39 is 0 Å². The van der Waals surface area contributed by atoms with Crippen LogP contribution in [0.1, 0.15) is 12.5 Å². The van der Waals surface area contributed by atoms with Crippen molar-refractivity contribution in [2.75, 3.05) is 5.73 Å². The number of hydrogen-bond donors (Lipinski definition) is 2. The Morgan fingerprint density at radius 1 is 1.50 bits per heavy atom. The van der Waals surface area contributed by atoms with Gasteiger partial charge in [0, 0.05) is 21.8 Å². The van der Waals surface area contributed by atoms with Crippen LogP contribution < -0.4 is 5.73 Å². The minimum Gasteiger partial charge on any atom is -0.382 e. The molecule has 3 N–H and O–H groups in total. The van der Waals surface area contributed by atoms with E-state index in [1.165, 1.54) is 16.0 Å². The SMILES string of the molecule is CC1Cc2cccc(-c3cc(N)n[nH]3)c2S1. The van der Waals surface area contributed by atoms with Crippen molar-refractivity contribution in [2.45, 2.75) is 23.5 Å². The van der Waals surface area contributed by atoms with E-state index in [0.717, 1.165) is 12.1 Å². The van der Waals surface area contributed by atoms with Crippen molar-refractivity contribution in [3.63, 3.8) is 0 Å². The lowest BCUT2D eigenvalue weighted by Gasteiger charge is -2.04. The van der Waals surface area contributed by atoms with Crippen LogP contribution >= 0.6 is 11.8 Å². The average Bonchev–Trinajstić information content (AvgIpc) is 2.82. The predicted octanol–water partition coefficient (Wildman–Crippen LogP) is 2.70. The minimum absolute atomic E-state index is 0.545. The Morgan fingerprint density at radius 3 is 3.12 bits per heavy atom. The zero-order chi connectivity index (χ0) is 11.1. The van der Waals surface area contributed by atoms with Crippen molar-refractivity contribution in [1.82, 2.24) is 10.2 Å². The van der Waals surface area contributed by atoms with Crippen LogP contribution in [0.4, 0.5) is 5.82 Å². The third-order valence-corrected chi connectivity index (χ3v) is 4.10. The molecule has 0 radical (unpaired) electrons. The summed E-state index contributed by atoms with van der Waals surface area (Å²) in [5, 5.41) is 7.62. The first-order valence-corrected chi connectivity index (χ1v) is 6.22. The summed E-state index contributed by atoms with van der Waals surface area (Å²) in [6.45, 7) is 2.26. The van der Waals surface area contributed by atoms with E-state index in [1.807, 2.05) is 17.8 Å². The summed E-state index contributed by atoms with van der Waals surface area (Å²) in [6.07, 6.45) is 1.15. The highest BCUT2D eigenvalue weighted by Gasteiger charge is 2.22. The number of nitrogen functional groups attached to an aromatic ring is 1. The number of rotatable bonds is 1. The number of thioether (sulfide) groups is 1. The van der Waals surface area contributed by atoms with Gasteiger partial charge >= 0.3 is 0 Å². The summed E-state index contributed by atoms with van der Waals surface area (Å²) in [5.74, 6) is 0.545. The van der Waals surface area contributed by atoms with Crippen molar-refractivity contribution in [3.05, 3.63) is 29.8 Å². The first-order chi connectivity index (χ1) is 7.74. The summed E-state index contributed by atoms with van der Waals surface area (Å²) < 4.78 is 0. The highest BCUT2D eigenvalue weighted by molar-refractivity contribution is 8.00. The third kappa shape index (κ3) is 1.50. The molecule has 2 aromatic rings. The molecule has 4 heteroatoms. The van der Waals surface area contributed by atoms with Crippen LogP contribution in [0.25, 0.3) is 11.3 Å². The molecule has 0 spiro atoms. The number of aromatic amines is 1. The molecule has 0 saturated heterocycles. The van der Waals surface area contributed by atoms with Gasteiger partial charge in [0.1, 0.15) is 5.82 Å². The second kappa shape index (κ2) is 3.56. The van der Waals surface area contributed by atoms with E-state index in [2.05, 4.69) is 35.3 Å². The van der Waals surface area contributed by atoms with E-state index in [-0.39, 0.29) is 0 Å². The molecule has 16 heavy (non-hydrogen) atoms. The van der Waals surface area contributed by atoms with Gasteiger partial charge in [0.15, 0.2) is 0 Å². The van der Waals surface area contributed by atoms with Crippen LogP contribution in [0.2, 0.25) is 0 Å². The summed E-state index contributed by atoms with van der Waals surface area (Å²) >= 11 is 1.93. The first kappa shape index (κ1) is 9.78. The zero-order valence-corrected chi connectivity index (χ0v) is 9.84. The Morgan fingerprint density at radius 2 is 2.38 bits per heavy atom. The molecule has 0 fully saturated rings. The molecular weight excluding hydrogens is 218 g/mol. The molecular formula is C12H13N3S. The van der Waals surface area contributed by atoms with Crippen LogP contribution in [-0.4, -0.2) is 15.4 Å². The molecule has 3 rings (SSSR count). The largest absolute Gasteiger partial charge is 0.382 e. The topological polar surface area (TPSA) is 54.7 Å². The number of fused-ring (bicyclic) bond motifs is 1. The smallest absolute Gasteiger partial charge is 0.145 e. The quantitative estimate of drug-likeness (QED) is 0.793. The van der Waals surface area contributed by atoms with Gasteiger partial charge in [-0.1, -0.05) is 25.1 Å². The molecule has 1 aromatic heterocycles. The number of anilines is 1. The number of aromatic nitrogens is 2. The van der Waals surface area contributed by atoms with Gasteiger partial charge in [0.25, 0.3) is 0 Å². The Bertz CT molecular complexity index is 533. The summed E-state index contributed by atoms with van der Waals surface area (Å²) in [4.78, 5) is 1.37. The van der Waals surface area contributed by atoms with Gasteiger partial charge in [0.05, 0.1) is 5.69 Å². The second-order valence-corrected chi connectivity index (χ2v) is 5.58. The van der Waals surface area contributed by atoms with Crippen molar-refractivity contribution >= 4 is 17.6 Å². The fraction of sp³-hybridized carbons (Fsp3) is 0.250. The molecule has 3 nitrogen and oxygen atoms in total. The van der Waals surface area contributed by atoms with Crippen molar-refractivity contribution in [2.24, 2.45) is 0 Å². The van der Waals surface area contributed by atoms with Gasteiger partial charge in [-0.15, -0.1) is 11.8 Å². The molecule has 2 heterocycles. The molecule has 0 saturated carbocycles. The van der Waals surface area contributed by atoms with Gasteiger partial charge < -0.3 is 5.73 Å². The Balaban J connectivity index is 2.13. The van der Waals surface area contributed by atoms with Crippen molar-refractivity contribution in [1.29, 1.82) is 0 Å². The first-order valence-electron chi connectivity index (χ1n) is 5.34. The highest BCUT2D eigenvalue weighted by atomic mass is 32.2. The van der Waals surface area contributed by atoms with Crippen LogP contribution in [0.5, 0.6) is 0 Å². The minimum atomic E-state index is 0.545. The molecule has 1 aromatic carbocycles. The summed E-state index contributed by atoms with van der Waals surface area (Å²) in [6, 6.07) is 8.31. The van der Waals surface area contributed by atoms with Crippen LogP contribution in [0.3, 0.4) is 0 Å². The molecule has 0 bridgehead atoms. The van der Waals surface area contributed by atoms with Crippen LogP contribution in [0, 0.1) is 0 Å². The van der Waals surface area contributed by atoms with Gasteiger partial charge in [-0.25, -0.2) is 0 Å². The maximum Gasteiger partial charge on any atom is 0.145 e. The monoisotopic (exact) mass is 231 g/mol. The van der Waals surface area contributed by atoms with E-state index in [9.17, 15) is 0 Å². The zero-order valence-electron chi connectivity index (χ0n) is 9.03. The van der Waals surface area contributed by atoms with E-state index >= 15 is 0 Å². The summed E-state index contributed by atoms with van der Waals surface area (Å²) in [7, 11) is 0. The second-order valence-electron chi connectivity index (χ2n) is 4.13. The Labute approximate surface area is 98.4 Å². The Hall–Kier alpha value is -1.42. The maximum absolute atomic E-state index is 5.64. The van der Waals surface area contributed by atoms with Gasteiger partial charge in [0.2, 0.25) is 0 Å². The molecule has 1 atom stereocenters. The highest BCUT2D eigenvalue weighted by Crippen LogP contribution is 2.42. The molecule has 82 valence electrons. The average molecular weight is 231 g/mol. The molecule has 0 aliphatic carbocycles. The number of nitrogens with zero attached hydrogens (tertiary/aromatic N) is 1. The Kier molecular flexibility index (Phi) is 2.17. The standard InChI is InChI=1S/C12H13N3S/c1-7-5-8-3-2-4-9(12(8)16-7)10-6-11(13)15-14-10/h2-4,6-7H,5H2,1H3,(H3,13,14,15).